The molecule has 0 atom stereocenters. The van der Waals surface area contributed by atoms with Gasteiger partial charge in [-0.1, -0.05) is 0 Å². The topological polar surface area (TPSA) is 109 Å². The predicted octanol–water partition coefficient (Wildman–Crippen LogP) is 0.00878. The van der Waals surface area contributed by atoms with Gasteiger partial charge in [0.15, 0.2) is 0 Å². The van der Waals surface area contributed by atoms with Crippen molar-refractivity contribution in [2.75, 3.05) is 18.0 Å². The van der Waals surface area contributed by atoms with Crippen molar-refractivity contribution in [1.29, 1.82) is 5.26 Å². The lowest BCUT2D eigenvalue weighted by molar-refractivity contribution is -0.385. The molecule has 2 heterocycles. The third-order valence-corrected chi connectivity index (χ3v) is 2.39. The average Bonchev–Trinajstić information content (AvgIpc) is 2.24. The van der Waals surface area contributed by atoms with Gasteiger partial charge in [-0.05, 0) is 0 Å². The fourth-order valence-corrected chi connectivity index (χ4v) is 1.57. The predicted molar refractivity (Wildman–Crippen MR) is 55.8 cm³/mol. The lowest BCUT2D eigenvalue weighted by atomic mass is 10.1. The third kappa shape index (κ3) is 1.66. The molecule has 1 aliphatic heterocycles. The summed E-state index contributed by atoms with van der Waals surface area (Å²) in [5.74, 6) is 0.467. The van der Waals surface area contributed by atoms with Gasteiger partial charge in [-0.25, -0.2) is 4.98 Å². The molecule has 0 spiro atoms. The number of rotatable bonds is 2. The number of hydrogen-bond acceptors (Lipinski definition) is 6. The minimum absolute atomic E-state index is 0.0866. The maximum atomic E-state index is 10.5. The number of nitrogens with two attached hydrogens (primary N) is 1. The molecule has 0 aromatic carbocycles. The van der Waals surface area contributed by atoms with E-state index in [1.807, 2.05) is 11.0 Å². The first kappa shape index (κ1) is 10.3. The molecule has 1 aromatic rings. The van der Waals surface area contributed by atoms with E-state index in [4.69, 9.17) is 11.0 Å². The molecule has 0 amide bonds. The summed E-state index contributed by atoms with van der Waals surface area (Å²) in [4.78, 5) is 15.7. The molecule has 7 nitrogen and oxygen atoms in total. The Kier molecular flexibility index (Phi) is 2.42. The van der Waals surface area contributed by atoms with Crippen LogP contribution < -0.4 is 10.6 Å². The third-order valence-electron chi connectivity index (χ3n) is 2.39. The van der Waals surface area contributed by atoms with Crippen molar-refractivity contribution < 1.29 is 4.92 Å². The first-order chi connectivity index (χ1) is 7.61. The van der Waals surface area contributed by atoms with Gasteiger partial charge in [0, 0.05) is 25.2 Å². The largest absolute Gasteiger partial charge is 0.352 e. The number of nitro groups is 1. The van der Waals surface area contributed by atoms with E-state index in [0.29, 0.717) is 18.9 Å². The zero-order chi connectivity index (χ0) is 11.7. The van der Waals surface area contributed by atoms with Crippen LogP contribution in [0.2, 0.25) is 0 Å². The summed E-state index contributed by atoms with van der Waals surface area (Å²) in [5, 5.41) is 19.4. The maximum absolute atomic E-state index is 10.5. The smallest absolute Gasteiger partial charge is 0.289 e. The molecule has 0 bridgehead atoms. The molecule has 0 aliphatic carbocycles. The number of anilines is 1. The van der Waals surface area contributed by atoms with Crippen LogP contribution in [0.1, 0.15) is 5.56 Å². The minimum atomic E-state index is -0.570. The quantitative estimate of drug-likeness (QED) is 0.554. The van der Waals surface area contributed by atoms with E-state index < -0.39 is 4.92 Å². The Hall–Kier alpha value is -2.20. The van der Waals surface area contributed by atoms with E-state index in [9.17, 15) is 10.1 Å². The zero-order valence-corrected chi connectivity index (χ0v) is 8.33. The average molecular weight is 219 g/mol. The summed E-state index contributed by atoms with van der Waals surface area (Å²) in [6, 6.07) is 3.22. The highest BCUT2D eigenvalue weighted by atomic mass is 16.6. The molecule has 1 aromatic heterocycles. The summed E-state index contributed by atoms with van der Waals surface area (Å²) in [6.07, 6.45) is 1.15. The lowest BCUT2D eigenvalue weighted by Gasteiger charge is -2.38. The summed E-state index contributed by atoms with van der Waals surface area (Å²) >= 11 is 0. The van der Waals surface area contributed by atoms with E-state index in [0.717, 1.165) is 6.20 Å². The fraction of sp³-hybridized carbons (Fsp3) is 0.333. The molecular formula is C9H9N5O2. The van der Waals surface area contributed by atoms with Gasteiger partial charge in [0.25, 0.3) is 5.69 Å². The number of nitriles is 1. The number of nitrogens with zero attached hydrogens (tertiary/aromatic N) is 4. The van der Waals surface area contributed by atoms with Crippen LogP contribution in [0.15, 0.2) is 12.3 Å². The van der Waals surface area contributed by atoms with Crippen molar-refractivity contribution in [2.45, 2.75) is 6.04 Å². The van der Waals surface area contributed by atoms with Gasteiger partial charge in [-0.3, -0.25) is 10.1 Å². The van der Waals surface area contributed by atoms with Crippen LogP contribution >= 0.6 is 0 Å². The summed E-state index contributed by atoms with van der Waals surface area (Å²) in [7, 11) is 0. The first-order valence-corrected chi connectivity index (χ1v) is 4.67. The van der Waals surface area contributed by atoms with Gasteiger partial charge in [0.1, 0.15) is 23.6 Å². The molecule has 2 N–H and O–H groups in total. The highest BCUT2D eigenvalue weighted by molar-refractivity contribution is 5.58. The van der Waals surface area contributed by atoms with Gasteiger partial charge >= 0.3 is 0 Å². The van der Waals surface area contributed by atoms with Crippen molar-refractivity contribution in [1.82, 2.24) is 4.98 Å². The van der Waals surface area contributed by atoms with Gasteiger partial charge in [-0.2, -0.15) is 5.26 Å². The molecule has 0 saturated carbocycles. The van der Waals surface area contributed by atoms with E-state index in [-0.39, 0.29) is 17.3 Å². The Labute approximate surface area is 91.3 Å². The molecule has 82 valence electrons. The number of pyridine rings is 1. The van der Waals surface area contributed by atoms with E-state index in [1.54, 1.807) is 0 Å². The summed E-state index contributed by atoms with van der Waals surface area (Å²) in [6.45, 7) is 1.25. The first-order valence-electron chi connectivity index (χ1n) is 4.67. The SMILES string of the molecule is N#Cc1cc([N+](=O)[O-])cnc1N1CC(N)C1. The zero-order valence-electron chi connectivity index (χ0n) is 8.33. The van der Waals surface area contributed by atoms with Gasteiger partial charge in [-0.15, -0.1) is 0 Å². The molecule has 7 heteroatoms. The van der Waals surface area contributed by atoms with E-state index in [2.05, 4.69) is 4.98 Å². The fourth-order valence-electron chi connectivity index (χ4n) is 1.57. The van der Waals surface area contributed by atoms with Crippen LogP contribution in [0.25, 0.3) is 0 Å². The minimum Gasteiger partial charge on any atom is -0.352 e. The van der Waals surface area contributed by atoms with Crippen LogP contribution in [-0.2, 0) is 0 Å². The molecule has 0 radical (unpaired) electrons. The van der Waals surface area contributed by atoms with Gasteiger partial charge in [0.05, 0.1) is 4.92 Å². The Bertz CT molecular complexity index is 475. The van der Waals surface area contributed by atoms with Crippen LogP contribution in [0.4, 0.5) is 11.5 Å². The van der Waals surface area contributed by atoms with Crippen molar-refractivity contribution in [2.24, 2.45) is 5.73 Å². The van der Waals surface area contributed by atoms with E-state index in [1.165, 1.54) is 6.07 Å². The number of hydrogen-bond donors (Lipinski definition) is 1. The second-order valence-corrected chi connectivity index (χ2v) is 3.60. The van der Waals surface area contributed by atoms with Gasteiger partial charge in [0.2, 0.25) is 0 Å². The second-order valence-electron chi connectivity index (χ2n) is 3.60. The molecule has 2 rings (SSSR count). The van der Waals surface area contributed by atoms with Crippen LogP contribution in [0.5, 0.6) is 0 Å². The Balaban J connectivity index is 2.33. The van der Waals surface area contributed by atoms with Crippen molar-refractivity contribution in [3.05, 3.63) is 27.9 Å². The Morgan fingerprint density at radius 1 is 1.69 bits per heavy atom. The van der Waals surface area contributed by atoms with Crippen LogP contribution in [0.3, 0.4) is 0 Å². The highest BCUT2D eigenvalue weighted by Crippen LogP contribution is 2.24. The number of aromatic nitrogens is 1. The molecule has 1 aliphatic rings. The lowest BCUT2D eigenvalue weighted by Crippen LogP contribution is -2.56. The summed E-state index contributed by atoms with van der Waals surface area (Å²) in [5.41, 5.74) is 5.65. The molecule has 16 heavy (non-hydrogen) atoms. The second kappa shape index (κ2) is 3.75. The maximum Gasteiger partial charge on any atom is 0.289 e. The molecule has 1 saturated heterocycles. The van der Waals surface area contributed by atoms with Crippen molar-refractivity contribution >= 4 is 11.5 Å². The monoisotopic (exact) mass is 219 g/mol. The standard InChI is InChI=1S/C9H9N5O2/c10-2-6-1-8(14(15)16)3-12-9(6)13-4-7(11)5-13/h1,3,7H,4-5,11H2. The van der Waals surface area contributed by atoms with Gasteiger partial charge < -0.3 is 10.6 Å². The molecular weight excluding hydrogens is 210 g/mol. The summed E-state index contributed by atoms with van der Waals surface area (Å²) < 4.78 is 0. The van der Waals surface area contributed by atoms with Crippen LogP contribution in [0, 0.1) is 21.4 Å². The van der Waals surface area contributed by atoms with Crippen molar-refractivity contribution in [3.63, 3.8) is 0 Å². The molecule has 0 unspecified atom stereocenters. The van der Waals surface area contributed by atoms with Crippen molar-refractivity contribution in [3.8, 4) is 6.07 Å². The Morgan fingerprint density at radius 2 is 2.38 bits per heavy atom. The van der Waals surface area contributed by atoms with Crippen LogP contribution in [-0.4, -0.2) is 29.0 Å². The molecule has 1 fully saturated rings. The normalized spacial score (nSPS) is 15.4. The highest BCUT2D eigenvalue weighted by Gasteiger charge is 2.27. The van der Waals surface area contributed by atoms with E-state index >= 15 is 0 Å². The Morgan fingerprint density at radius 3 is 2.88 bits per heavy atom.